The summed E-state index contributed by atoms with van der Waals surface area (Å²) >= 11 is 0. The second kappa shape index (κ2) is 10.3. The molecule has 6 heteroatoms. The first-order chi connectivity index (χ1) is 13.2. The molecule has 2 unspecified atom stereocenters. The Morgan fingerprint density at radius 3 is 2.36 bits per heavy atom. The molecule has 1 aromatic heterocycles. The van der Waals surface area contributed by atoms with Crippen molar-refractivity contribution in [2.24, 2.45) is 23.9 Å². The predicted octanol–water partition coefficient (Wildman–Crippen LogP) is 2.89. The topological polar surface area (TPSA) is 57.5 Å². The number of nitrogens with zero attached hydrogens (tertiary/aromatic N) is 4. The zero-order chi connectivity index (χ0) is 20.8. The van der Waals surface area contributed by atoms with E-state index < -0.39 is 0 Å². The fraction of sp³-hybridized carbons (Fsp3) is 0.818. The molecule has 160 valence electrons. The van der Waals surface area contributed by atoms with E-state index in [1.165, 1.54) is 37.2 Å². The highest BCUT2D eigenvalue weighted by atomic mass is 15.3. The molecule has 0 radical (unpaired) electrons. The molecule has 0 amide bonds. The summed E-state index contributed by atoms with van der Waals surface area (Å²) in [6, 6.07) is 0.838. The van der Waals surface area contributed by atoms with Gasteiger partial charge in [0.1, 0.15) is 0 Å². The summed E-state index contributed by atoms with van der Waals surface area (Å²) in [5.74, 6) is 2.38. The number of nitrogens with one attached hydrogen (secondary N) is 2. The molecule has 0 saturated carbocycles. The van der Waals surface area contributed by atoms with Gasteiger partial charge < -0.3 is 10.6 Å². The van der Waals surface area contributed by atoms with Crippen molar-refractivity contribution < 1.29 is 0 Å². The number of aromatic nitrogens is 2. The molecule has 2 atom stereocenters. The minimum absolute atomic E-state index is 0.293. The van der Waals surface area contributed by atoms with Gasteiger partial charge in [0.25, 0.3) is 0 Å². The van der Waals surface area contributed by atoms with Crippen molar-refractivity contribution in [3.63, 3.8) is 0 Å². The lowest BCUT2D eigenvalue weighted by molar-refractivity contribution is 0.110. The highest BCUT2D eigenvalue weighted by molar-refractivity contribution is 5.80. The van der Waals surface area contributed by atoms with Gasteiger partial charge >= 0.3 is 0 Å². The summed E-state index contributed by atoms with van der Waals surface area (Å²) in [5.41, 5.74) is 3.70. The Hall–Kier alpha value is -1.56. The molecule has 0 aliphatic carbocycles. The van der Waals surface area contributed by atoms with Crippen LogP contribution >= 0.6 is 0 Å². The van der Waals surface area contributed by atoms with Crippen LogP contribution in [-0.4, -0.2) is 59.4 Å². The van der Waals surface area contributed by atoms with Gasteiger partial charge in [-0.3, -0.25) is 14.6 Å². The molecular formula is C22H42N6. The SMILES string of the molecule is CN=C(NCC(C(C)C)N1CCC(C)CC1)NC(C)Cc1c(C)nn(C)c1C. The van der Waals surface area contributed by atoms with Crippen LogP contribution in [0, 0.1) is 25.7 Å². The van der Waals surface area contributed by atoms with Crippen molar-refractivity contribution >= 4 is 5.96 Å². The largest absolute Gasteiger partial charge is 0.355 e. The lowest BCUT2D eigenvalue weighted by Crippen LogP contribution is -2.52. The Morgan fingerprint density at radius 1 is 1.21 bits per heavy atom. The van der Waals surface area contributed by atoms with Crippen LogP contribution in [-0.2, 0) is 13.5 Å². The number of likely N-dealkylation sites (tertiary alicyclic amines) is 1. The van der Waals surface area contributed by atoms with Gasteiger partial charge in [-0.1, -0.05) is 20.8 Å². The van der Waals surface area contributed by atoms with Gasteiger partial charge in [-0.25, -0.2) is 0 Å². The van der Waals surface area contributed by atoms with Crippen molar-refractivity contribution in [1.82, 2.24) is 25.3 Å². The fourth-order valence-electron chi connectivity index (χ4n) is 4.25. The number of rotatable bonds is 7. The maximum Gasteiger partial charge on any atom is 0.191 e. The standard InChI is InChI=1S/C22H42N6/c1-15(2)21(28-11-9-16(3)10-12-28)14-24-22(23-7)25-17(4)13-20-18(5)26-27(8)19(20)6/h15-17,21H,9-14H2,1-8H3,(H2,23,24,25). The Balaban J connectivity index is 1.90. The van der Waals surface area contributed by atoms with E-state index in [1.807, 2.05) is 18.8 Å². The molecule has 0 spiro atoms. The van der Waals surface area contributed by atoms with E-state index in [1.54, 1.807) is 0 Å². The molecular weight excluding hydrogens is 348 g/mol. The highest BCUT2D eigenvalue weighted by Gasteiger charge is 2.25. The molecule has 1 aliphatic rings. The van der Waals surface area contributed by atoms with Crippen molar-refractivity contribution in [2.45, 2.75) is 72.9 Å². The van der Waals surface area contributed by atoms with Gasteiger partial charge in [-0.15, -0.1) is 0 Å². The summed E-state index contributed by atoms with van der Waals surface area (Å²) in [6.07, 6.45) is 3.58. The lowest BCUT2D eigenvalue weighted by Gasteiger charge is -2.39. The summed E-state index contributed by atoms with van der Waals surface area (Å²) in [7, 11) is 3.87. The number of aryl methyl sites for hydroxylation is 2. The third kappa shape index (κ3) is 5.97. The Labute approximate surface area is 172 Å². The molecule has 1 saturated heterocycles. The van der Waals surface area contributed by atoms with Gasteiger partial charge in [0.2, 0.25) is 0 Å². The average Bonchev–Trinajstić information content (AvgIpc) is 2.88. The van der Waals surface area contributed by atoms with E-state index >= 15 is 0 Å². The minimum atomic E-state index is 0.293. The quantitative estimate of drug-likeness (QED) is 0.555. The van der Waals surface area contributed by atoms with E-state index in [2.05, 4.69) is 67.2 Å². The van der Waals surface area contributed by atoms with Crippen LogP contribution in [0.1, 0.15) is 57.5 Å². The summed E-state index contributed by atoms with van der Waals surface area (Å²) < 4.78 is 1.97. The third-order valence-electron chi connectivity index (χ3n) is 6.31. The highest BCUT2D eigenvalue weighted by Crippen LogP contribution is 2.21. The summed E-state index contributed by atoms with van der Waals surface area (Å²) in [5, 5.41) is 11.7. The number of piperidine rings is 1. The van der Waals surface area contributed by atoms with Crippen molar-refractivity contribution in [3.8, 4) is 0 Å². The zero-order valence-electron chi connectivity index (χ0n) is 19.3. The van der Waals surface area contributed by atoms with Crippen molar-refractivity contribution in [1.29, 1.82) is 0 Å². The number of guanidine groups is 1. The first kappa shape index (κ1) is 22.7. The fourth-order valence-corrected chi connectivity index (χ4v) is 4.25. The van der Waals surface area contributed by atoms with Crippen LogP contribution in [0.25, 0.3) is 0 Å². The number of hydrogen-bond acceptors (Lipinski definition) is 3. The van der Waals surface area contributed by atoms with Gasteiger partial charge in [0.05, 0.1) is 5.69 Å². The Bertz CT molecular complexity index is 640. The summed E-state index contributed by atoms with van der Waals surface area (Å²) in [4.78, 5) is 7.13. The molecule has 28 heavy (non-hydrogen) atoms. The van der Waals surface area contributed by atoms with Gasteiger partial charge in [-0.05, 0) is 70.5 Å². The Morgan fingerprint density at radius 2 is 1.86 bits per heavy atom. The van der Waals surface area contributed by atoms with Crippen LogP contribution in [0.5, 0.6) is 0 Å². The van der Waals surface area contributed by atoms with Gasteiger partial charge in [0, 0.05) is 38.4 Å². The lowest BCUT2D eigenvalue weighted by atomic mass is 9.94. The van der Waals surface area contributed by atoms with Crippen LogP contribution < -0.4 is 10.6 Å². The van der Waals surface area contributed by atoms with Crippen LogP contribution in [0.15, 0.2) is 4.99 Å². The number of hydrogen-bond donors (Lipinski definition) is 2. The van der Waals surface area contributed by atoms with E-state index in [0.29, 0.717) is 18.0 Å². The monoisotopic (exact) mass is 390 g/mol. The van der Waals surface area contributed by atoms with Crippen LogP contribution in [0.2, 0.25) is 0 Å². The molecule has 1 aliphatic heterocycles. The van der Waals surface area contributed by atoms with Gasteiger partial charge in [-0.2, -0.15) is 5.10 Å². The molecule has 0 aromatic carbocycles. The van der Waals surface area contributed by atoms with Gasteiger partial charge in [0.15, 0.2) is 5.96 Å². The maximum atomic E-state index is 4.54. The van der Waals surface area contributed by atoms with E-state index in [4.69, 9.17) is 0 Å². The molecule has 2 heterocycles. The third-order valence-corrected chi connectivity index (χ3v) is 6.31. The summed E-state index contributed by atoms with van der Waals surface area (Å²) in [6.45, 7) is 16.8. The molecule has 1 aromatic rings. The molecule has 0 bridgehead atoms. The van der Waals surface area contributed by atoms with E-state index in [9.17, 15) is 0 Å². The van der Waals surface area contributed by atoms with Crippen molar-refractivity contribution in [3.05, 3.63) is 17.0 Å². The first-order valence-electron chi connectivity index (χ1n) is 10.9. The van der Waals surface area contributed by atoms with Crippen LogP contribution in [0.3, 0.4) is 0 Å². The second-order valence-corrected chi connectivity index (χ2v) is 9.01. The second-order valence-electron chi connectivity index (χ2n) is 9.01. The molecule has 2 rings (SSSR count). The first-order valence-corrected chi connectivity index (χ1v) is 10.9. The molecule has 2 N–H and O–H groups in total. The normalized spacial score (nSPS) is 19.1. The van der Waals surface area contributed by atoms with E-state index in [-0.39, 0.29) is 0 Å². The maximum absolute atomic E-state index is 4.54. The molecule has 1 fully saturated rings. The predicted molar refractivity (Wildman–Crippen MR) is 119 cm³/mol. The minimum Gasteiger partial charge on any atom is -0.355 e. The van der Waals surface area contributed by atoms with Crippen molar-refractivity contribution in [2.75, 3.05) is 26.7 Å². The Kier molecular flexibility index (Phi) is 8.35. The van der Waals surface area contributed by atoms with Crippen LogP contribution in [0.4, 0.5) is 0 Å². The smallest absolute Gasteiger partial charge is 0.191 e. The average molecular weight is 391 g/mol. The zero-order valence-corrected chi connectivity index (χ0v) is 19.3. The molecule has 6 nitrogen and oxygen atoms in total. The number of aliphatic imine (C=N–C) groups is 1. The van der Waals surface area contributed by atoms with E-state index in [0.717, 1.165) is 30.5 Å².